The molecular formula is C6H8Mg. The summed E-state index contributed by atoms with van der Waals surface area (Å²) in [5.41, 5.74) is 0. The molecule has 7 heavy (non-hydrogen) atoms. The zero-order chi connectivity index (χ0) is 3.54. The molecule has 0 amide bonds. The summed E-state index contributed by atoms with van der Waals surface area (Å²) >= 11 is 0. The Morgan fingerprint density at radius 2 is 1.43 bits per heavy atom. The zero-order valence-corrected chi connectivity index (χ0v) is 6.01. The van der Waals surface area contributed by atoms with E-state index < -0.39 is 0 Å². The topological polar surface area (TPSA) is 0 Å². The van der Waals surface area contributed by atoms with Crippen LogP contribution in [-0.2, 0) is 0 Å². The van der Waals surface area contributed by atoms with Crippen molar-refractivity contribution in [2.45, 2.75) is 0 Å². The van der Waals surface area contributed by atoms with Gasteiger partial charge in [-0.2, -0.15) is 18.2 Å². The van der Waals surface area contributed by atoms with E-state index in [4.69, 9.17) is 0 Å². The van der Waals surface area contributed by atoms with E-state index in [1.54, 1.807) is 0 Å². The van der Waals surface area contributed by atoms with E-state index in [2.05, 4.69) is 0 Å². The van der Waals surface area contributed by atoms with Crippen molar-refractivity contribution in [1.82, 2.24) is 0 Å². The van der Waals surface area contributed by atoms with Gasteiger partial charge in [0.15, 0.2) is 0 Å². The van der Waals surface area contributed by atoms with Gasteiger partial charge in [0.2, 0.25) is 0 Å². The molecule has 0 radical (unpaired) electrons. The van der Waals surface area contributed by atoms with Crippen LogP contribution < -0.4 is 0 Å². The van der Waals surface area contributed by atoms with E-state index >= 15 is 0 Å². The molecule has 0 fully saturated rings. The third kappa shape index (κ3) is 3.96. The predicted molar refractivity (Wildman–Crippen MR) is 34.2 cm³/mol. The molecule has 0 nitrogen and oxygen atoms in total. The fourth-order valence-corrected chi connectivity index (χ4v) is 0.321. The maximum absolute atomic E-state index is 2.00. The minimum Gasteiger partial charge on any atom is -0.358 e. The monoisotopic (exact) mass is 104 g/mol. The van der Waals surface area contributed by atoms with Gasteiger partial charge >= 0.3 is 23.1 Å². The SMILES string of the molecule is [CH3-].[Mg+2].c1cc[cH-]c1. The minimum atomic E-state index is 0. The van der Waals surface area contributed by atoms with Gasteiger partial charge in [-0.25, -0.2) is 12.1 Å². The van der Waals surface area contributed by atoms with Gasteiger partial charge in [0, 0.05) is 0 Å². The van der Waals surface area contributed by atoms with E-state index in [0.29, 0.717) is 0 Å². The molecule has 0 bridgehead atoms. The Morgan fingerprint density at radius 3 is 1.57 bits per heavy atom. The number of rotatable bonds is 0. The first-order valence-electron chi connectivity index (χ1n) is 1.67. The molecule has 0 aliphatic carbocycles. The molecule has 0 aliphatic rings. The molecule has 0 heterocycles. The molecule has 0 unspecified atom stereocenters. The number of hydrogen-bond donors (Lipinski definition) is 0. The Morgan fingerprint density at radius 1 is 1.00 bits per heavy atom. The van der Waals surface area contributed by atoms with Crippen LogP contribution in [0.15, 0.2) is 30.3 Å². The van der Waals surface area contributed by atoms with Gasteiger partial charge in [0.25, 0.3) is 0 Å². The molecule has 1 aromatic carbocycles. The smallest absolute Gasteiger partial charge is 0.358 e. The van der Waals surface area contributed by atoms with E-state index in [1.807, 2.05) is 30.3 Å². The second-order valence-electron chi connectivity index (χ2n) is 0.962. The normalized spacial score (nSPS) is 5.71. The second kappa shape index (κ2) is 6.12. The van der Waals surface area contributed by atoms with Crippen LogP contribution in [0.4, 0.5) is 0 Å². The standard InChI is InChI=1S/C5H5.CH3.Mg/c1-2-4-5-3-1;;/h1-5H;1H3;/q2*-1;+2. The molecule has 1 rings (SSSR count). The molecule has 1 aromatic rings. The average molecular weight is 104 g/mol. The quantitative estimate of drug-likeness (QED) is 0.345. The molecular weight excluding hydrogens is 96.4 g/mol. The van der Waals surface area contributed by atoms with Gasteiger partial charge in [0.1, 0.15) is 0 Å². The van der Waals surface area contributed by atoms with Gasteiger partial charge < -0.3 is 7.43 Å². The second-order valence-corrected chi connectivity index (χ2v) is 0.962. The molecule has 0 atom stereocenters. The van der Waals surface area contributed by atoms with Crippen LogP contribution in [0.1, 0.15) is 0 Å². The minimum absolute atomic E-state index is 0. The van der Waals surface area contributed by atoms with E-state index in [-0.39, 0.29) is 30.5 Å². The van der Waals surface area contributed by atoms with Crippen molar-refractivity contribution in [3.63, 3.8) is 0 Å². The van der Waals surface area contributed by atoms with E-state index in [9.17, 15) is 0 Å². The van der Waals surface area contributed by atoms with E-state index in [0.717, 1.165) is 0 Å². The molecule has 0 aliphatic heterocycles. The summed E-state index contributed by atoms with van der Waals surface area (Å²) in [6, 6.07) is 10.0. The van der Waals surface area contributed by atoms with Crippen molar-refractivity contribution >= 4 is 23.1 Å². The molecule has 0 aromatic heterocycles. The van der Waals surface area contributed by atoms with Crippen LogP contribution in [0.2, 0.25) is 0 Å². The van der Waals surface area contributed by atoms with Crippen molar-refractivity contribution in [2.75, 3.05) is 0 Å². The summed E-state index contributed by atoms with van der Waals surface area (Å²) in [5, 5.41) is 0. The van der Waals surface area contributed by atoms with Gasteiger partial charge in [0.05, 0.1) is 0 Å². The summed E-state index contributed by atoms with van der Waals surface area (Å²) in [4.78, 5) is 0. The average Bonchev–Trinajstić information content (AvgIpc) is 1.76. The summed E-state index contributed by atoms with van der Waals surface area (Å²) in [6.45, 7) is 0. The molecule has 0 N–H and O–H groups in total. The largest absolute Gasteiger partial charge is 2.00 e. The summed E-state index contributed by atoms with van der Waals surface area (Å²) in [5.74, 6) is 0. The van der Waals surface area contributed by atoms with E-state index in [1.165, 1.54) is 0 Å². The van der Waals surface area contributed by atoms with Gasteiger partial charge in [-0.15, -0.1) is 0 Å². The third-order valence-corrected chi connectivity index (χ3v) is 0.556. The Labute approximate surface area is 61.1 Å². The molecule has 0 spiro atoms. The molecule has 1 heteroatoms. The fraction of sp³-hybridized carbons (Fsp3) is 0. The Balaban J connectivity index is 0. The first kappa shape index (κ1) is 10.2. The summed E-state index contributed by atoms with van der Waals surface area (Å²) in [6.07, 6.45) is 0. The fourth-order valence-electron chi connectivity index (χ4n) is 0.321. The molecule has 0 saturated heterocycles. The number of hydrogen-bond acceptors (Lipinski definition) is 0. The van der Waals surface area contributed by atoms with Crippen molar-refractivity contribution in [3.05, 3.63) is 37.8 Å². The van der Waals surface area contributed by atoms with Gasteiger partial charge in [-0.3, -0.25) is 0 Å². The first-order valence-corrected chi connectivity index (χ1v) is 1.67. The van der Waals surface area contributed by atoms with Crippen LogP contribution >= 0.6 is 0 Å². The van der Waals surface area contributed by atoms with Crippen molar-refractivity contribution < 1.29 is 0 Å². The van der Waals surface area contributed by atoms with Crippen LogP contribution in [0, 0.1) is 7.43 Å². The van der Waals surface area contributed by atoms with Crippen LogP contribution in [0.3, 0.4) is 0 Å². The van der Waals surface area contributed by atoms with Crippen molar-refractivity contribution in [3.8, 4) is 0 Å². The Hall–Kier alpha value is 0.116. The maximum atomic E-state index is 2.00. The predicted octanol–water partition coefficient (Wildman–Crippen LogP) is 1.47. The molecule has 34 valence electrons. The first-order chi connectivity index (χ1) is 2.50. The third-order valence-electron chi connectivity index (χ3n) is 0.556. The summed E-state index contributed by atoms with van der Waals surface area (Å²) in [7, 11) is 0. The van der Waals surface area contributed by atoms with Gasteiger partial charge in [-0.1, -0.05) is 0 Å². The Bertz CT molecular complexity index is 60.7. The van der Waals surface area contributed by atoms with Crippen LogP contribution in [-0.4, -0.2) is 23.1 Å². The summed E-state index contributed by atoms with van der Waals surface area (Å²) < 4.78 is 0. The van der Waals surface area contributed by atoms with Crippen molar-refractivity contribution in [1.29, 1.82) is 0 Å². The van der Waals surface area contributed by atoms with Crippen molar-refractivity contribution in [2.24, 2.45) is 0 Å². The zero-order valence-electron chi connectivity index (χ0n) is 4.59. The van der Waals surface area contributed by atoms with Crippen LogP contribution in [0.25, 0.3) is 0 Å². The maximum Gasteiger partial charge on any atom is 2.00 e. The molecule has 0 saturated carbocycles. The Kier molecular flexibility index (Phi) is 8.89. The van der Waals surface area contributed by atoms with Crippen LogP contribution in [0.5, 0.6) is 0 Å². The van der Waals surface area contributed by atoms with Gasteiger partial charge in [-0.05, 0) is 0 Å².